The highest BCUT2D eigenvalue weighted by atomic mass is 19.1. The highest BCUT2D eigenvalue weighted by molar-refractivity contribution is 5.43. The maximum atomic E-state index is 14.4. The molecule has 2 heterocycles. The Morgan fingerprint density at radius 1 is 1.00 bits per heavy atom. The van der Waals surface area contributed by atoms with Gasteiger partial charge in [0.2, 0.25) is 0 Å². The normalized spacial score (nSPS) is 22.0. The third-order valence-electron chi connectivity index (χ3n) is 6.37. The van der Waals surface area contributed by atoms with Gasteiger partial charge < -0.3 is 14.4 Å². The van der Waals surface area contributed by atoms with Gasteiger partial charge in [-0.3, -0.25) is 9.80 Å². The van der Waals surface area contributed by atoms with Crippen molar-refractivity contribution in [3.63, 3.8) is 0 Å². The van der Waals surface area contributed by atoms with Gasteiger partial charge in [-0.05, 0) is 51.9 Å². The summed E-state index contributed by atoms with van der Waals surface area (Å²) in [7, 11) is 5.32. The van der Waals surface area contributed by atoms with Crippen molar-refractivity contribution < 1.29 is 13.9 Å². The fourth-order valence-electron chi connectivity index (χ4n) is 4.38. The smallest absolute Gasteiger partial charge is 0.163 e. The van der Waals surface area contributed by atoms with Crippen LogP contribution < -0.4 is 9.47 Å². The third kappa shape index (κ3) is 4.92. The molecule has 2 saturated heterocycles. The number of piperazine rings is 1. The zero-order valence-electron chi connectivity index (χ0n) is 17.2. The van der Waals surface area contributed by atoms with Crippen molar-refractivity contribution in [3.8, 4) is 11.5 Å². The van der Waals surface area contributed by atoms with Gasteiger partial charge in [0.25, 0.3) is 0 Å². The molecule has 0 aromatic heterocycles. The molecule has 2 fully saturated rings. The zero-order chi connectivity index (χ0) is 19.4. The molecular weight excluding hydrogens is 345 g/mol. The van der Waals surface area contributed by atoms with Gasteiger partial charge in [0.05, 0.1) is 14.2 Å². The molecule has 0 amide bonds. The summed E-state index contributed by atoms with van der Waals surface area (Å²) in [6.45, 7) is 9.75. The highest BCUT2D eigenvalue weighted by Gasteiger charge is 2.29. The van der Waals surface area contributed by atoms with Crippen molar-refractivity contribution >= 4 is 0 Å². The second-order valence-corrected chi connectivity index (χ2v) is 7.99. The van der Waals surface area contributed by atoms with Gasteiger partial charge in [0.1, 0.15) is 5.82 Å². The first-order valence-corrected chi connectivity index (χ1v) is 10.1. The Kier molecular flexibility index (Phi) is 6.95. The minimum absolute atomic E-state index is 0.222. The molecule has 1 unspecified atom stereocenters. The van der Waals surface area contributed by atoms with Crippen LogP contribution in [0, 0.1) is 11.7 Å². The molecule has 27 heavy (non-hydrogen) atoms. The first-order valence-electron chi connectivity index (χ1n) is 10.1. The molecule has 3 rings (SSSR count). The van der Waals surface area contributed by atoms with Gasteiger partial charge in [0.15, 0.2) is 11.5 Å². The number of benzene rings is 1. The average molecular weight is 380 g/mol. The second kappa shape index (κ2) is 9.22. The maximum Gasteiger partial charge on any atom is 0.163 e. The van der Waals surface area contributed by atoms with Gasteiger partial charge in [-0.1, -0.05) is 0 Å². The quantitative estimate of drug-likeness (QED) is 0.758. The van der Waals surface area contributed by atoms with E-state index in [4.69, 9.17) is 9.47 Å². The van der Waals surface area contributed by atoms with Crippen LogP contribution in [0.1, 0.15) is 25.3 Å². The molecule has 2 aliphatic heterocycles. The van der Waals surface area contributed by atoms with E-state index in [2.05, 4.69) is 28.7 Å². The van der Waals surface area contributed by atoms with E-state index in [0.29, 0.717) is 29.6 Å². The van der Waals surface area contributed by atoms with Crippen LogP contribution in [0.25, 0.3) is 0 Å². The summed E-state index contributed by atoms with van der Waals surface area (Å²) < 4.78 is 24.9. The van der Waals surface area contributed by atoms with Crippen molar-refractivity contribution in [1.82, 2.24) is 14.7 Å². The van der Waals surface area contributed by atoms with E-state index >= 15 is 0 Å². The molecule has 1 atom stereocenters. The number of likely N-dealkylation sites (tertiary alicyclic amines) is 1. The Morgan fingerprint density at radius 2 is 1.59 bits per heavy atom. The topological polar surface area (TPSA) is 28.2 Å². The second-order valence-electron chi connectivity index (χ2n) is 7.99. The molecular formula is C21H34FN3O2. The number of likely N-dealkylation sites (N-methyl/N-ethyl adjacent to an activating group) is 1. The molecule has 1 aromatic carbocycles. The molecule has 5 nitrogen and oxygen atoms in total. The summed E-state index contributed by atoms with van der Waals surface area (Å²) in [5, 5.41) is 0. The van der Waals surface area contributed by atoms with Gasteiger partial charge in [-0.2, -0.15) is 0 Å². The van der Waals surface area contributed by atoms with Gasteiger partial charge in [-0.25, -0.2) is 4.39 Å². The summed E-state index contributed by atoms with van der Waals surface area (Å²) in [5.74, 6) is 1.55. The first kappa shape index (κ1) is 20.4. The van der Waals surface area contributed by atoms with E-state index < -0.39 is 0 Å². The third-order valence-corrected chi connectivity index (χ3v) is 6.37. The summed E-state index contributed by atoms with van der Waals surface area (Å²) in [6.07, 6.45) is 2.37. The van der Waals surface area contributed by atoms with Crippen LogP contribution in [0.3, 0.4) is 0 Å². The highest BCUT2D eigenvalue weighted by Crippen LogP contribution is 2.31. The predicted octanol–water partition coefficient (Wildman–Crippen LogP) is 2.69. The lowest BCUT2D eigenvalue weighted by Crippen LogP contribution is -2.51. The Morgan fingerprint density at radius 3 is 2.19 bits per heavy atom. The maximum absolute atomic E-state index is 14.4. The van der Waals surface area contributed by atoms with E-state index in [1.807, 2.05) is 0 Å². The van der Waals surface area contributed by atoms with E-state index in [1.165, 1.54) is 52.2 Å². The summed E-state index contributed by atoms with van der Waals surface area (Å²) in [4.78, 5) is 7.41. The minimum atomic E-state index is -0.222. The van der Waals surface area contributed by atoms with Crippen LogP contribution in [-0.2, 0) is 6.54 Å². The minimum Gasteiger partial charge on any atom is -0.493 e. The monoisotopic (exact) mass is 379 g/mol. The molecule has 0 N–H and O–H groups in total. The lowest BCUT2D eigenvalue weighted by molar-refractivity contribution is 0.0596. The number of halogens is 1. The lowest BCUT2D eigenvalue weighted by atomic mass is 9.89. The average Bonchev–Trinajstić information content (AvgIpc) is 2.69. The molecule has 0 bridgehead atoms. The van der Waals surface area contributed by atoms with E-state index in [9.17, 15) is 4.39 Å². The molecule has 1 aromatic rings. The number of rotatable bonds is 6. The number of hydrogen-bond acceptors (Lipinski definition) is 5. The fourth-order valence-corrected chi connectivity index (χ4v) is 4.38. The van der Waals surface area contributed by atoms with E-state index in [-0.39, 0.29) is 5.82 Å². The van der Waals surface area contributed by atoms with Crippen molar-refractivity contribution in [2.45, 2.75) is 32.4 Å². The van der Waals surface area contributed by atoms with Crippen LogP contribution in [-0.4, -0.2) is 81.3 Å². The van der Waals surface area contributed by atoms with E-state index in [0.717, 1.165) is 19.0 Å². The Hall–Kier alpha value is -1.37. The van der Waals surface area contributed by atoms with Crippen LogP contribution in [0.4, 0.5) is 4.39 Å². The molecule has 0 radical (unpaired) electrons. The van der Waals surface area contributed by atoms with Crippen LogP contribution >= 0.6 is 0 Å². The molecule has 0 spiro atoms. The Bertz CT molecular complexity index is 612. The van der Waals surface area contributed by atoms with Crippen LogP contribution in [0.2, 0.25) is 0 Å². The number of hydrogen-bond donors (Lipinski definition) is 0. The molecule has 0 saturated carbocycles. The fraction of sp³-hybridized carbons (Fsp3) is 0.714. The van der Waals surface area contributed by atoms with Gasteiger partial charge >= 0.3 is 0 Å². The van der Waals surface area contributed by atoms with Crippen molar-refractivity contribution in [3.05, 3.63) is 23.5 Å². The van der Waals surface area contributed by atoms with Crippen molar-refractivity contribution in [2.24, 2.45) is 5.92 Å². The number of piperidine rings is 1. The molecule has 152 valence electrons. The molecule has 6 heteroatoms. The van der Waals surface area contributed by atoms with Crippen LogP contribution in [0.5, 0.6) is 11.5 Å². The standard InChI is InChI=1S/C21H34FN3O2/c1-16(25-11-9-23(2)10-12-25)17-5-7-24(8-6-17)15-18-13-20(26-3)21(27-4)14-19(18)22/h13-14,16-17H,5-12,15H2,1-4H3. The number of nitrogens with zero attached hydrogens (tertiary/aromatic N) is 3. The molecule has 2 aliphatic rings. The largest absolute Gasteiger partial charge is 0.493 e. The number of methoxy groups -OCH3 is 2. The number of ether oxygens (including phenoxy) is 2. The molecule has 0 aliphatic carbocycles. The first-order chi connectivity index (χ1) is 13.0. The SMILES string of the molecule is COc1cc(F)c(CN2CCC(C(C)N3CCN(C)CC3)CC2)cc1OC. The van der Waals surface area contributed by atoms with Crippen molar-refractivity contribution in [1.29, 1.82) is 0 Å². The summed E-state index contributed by atoms with van der Waals surface area (Å²) in [5.41, 5.74) is 0.679. The Labute approximate surface area is 163 Å². The summed E-state index contributed by atoms with van der Waals surface area (Å²) >= 11 is 0. The van der Waals surface area contributed by atoms with Gasteiger partial charge in [0, 0.05) is 50.4 Å². The van der Waals surface area contributed by atoms with Gasteiger partial charge in [-0.15, -0.1) is 0 Å². The Balaban J connectivity index is 1.54. The lowest BCUT2D eigenvalue weighted by Gasteiger charge is -2.42. The zero-order valence-corrected chi connectivity index (χ0v) is 17.2. The van der Waals surface area contributed by atoms with Crippen LogP contribution in [0.15, 0.2) is 12.1 Å². The van der Waals surface area contributed by atoms with Crippen molar-refractivity contribution in [2.75, 3.05) is 60.5 Å². The van der Waals surface area contributed by atoms with E-state index in [1.54, 1.807) is 13.2 Å². The predicted molar refractivity (Wildman–Crippen MR) is 106 cm³/mol. The summed E-state index contributed by atoms with van der Waals surface area (Å²) in [6, 6.07) is 3.84.